The fraction of sp³-hybridized carbons (Fsp3) is 0.111. The number of carbonyl (C=O) groups excluding carboxylic acids is 1. The minimum absolute atomic E-state index is 0.0274. The van der Waals surface area contributed by atoms with Crippen LogP contribution in [0.4, 0.5) is 5.69 Å². The average Bonchev–Trinajstić information content (AvgIpc) is 3.11. The van der Waals surface area contributed by atoms with Gasteiger partial charge in [0.15, 0.2) is 0 Å². The topological polar surface area (TPSA) is 42.4 Å². The van der Waals surface area contributed by atoms with Crippen LogP contribution in [0, 0.1) is 0 Å². The van der Waals surface area contributed by atoms with Gasteiger partial charge in [-0.3, -0.25) is 4.79 Å². The molecule has 23 heavy (non-hydrogen) atoms. The first-order valence-corrected chi connectivity index (χ1v) is 8.19. The van der Waals surface area contributed by atoms with Crippen LogP contribution in [-0.2, 0) is 0 Å². The molecule has 1 aliphatic rings. The summed E-state index contributed by atoms with van der Waals surface area (Å²) in [5.41, 5.74) is 1.84. The van der Waals surface area contributed by atoms with Crippen molar-refractivity contribution in [2.45, 2.75) is 0 Å². The second kappa shape index (κ2) is 5.85. The second-order valence-corrected chi connectivity index (χ2v) is 6.20. The van der Waals surface area contributed by atoms with Crippen LogP contribution < -0.4 is 9.64 Å². The minimum Gasteiger partial charge on any atom is -0.490 e. The molecule has 1 amide bonds. The first-order chi connectivity index (χ1) is 11.3. The molecular formula is C18H14N2O2S. The zero-order chi connectivity index (χ0) is 15.6. The van der Waals surface area contributed by atoms with Crippen molar-refractivity contribution in [2.24, 2.45) is 0 Å². The maximum Gasteiger partial charge on any atom is 0.270 e. The Morgan fingerprint density at radius 3 is 2.74 bits per heavy atom. The Kier molecular flexibility index (Phi) is 3.55. The number of amides is 1. The van der Waals surface area contributed by atoms with Gasteiger partial charge in [0.05, 0.1) is 18.4 Å². The Labute approximate surface area is 138 Å². The van der Waals surface area contributed by atoms with Crippen molar-refractivity contribution in [3.05, 3.63) is 65.7 Å². The third-order valence-electron chi connectivity index (χ3n) is 3.71. The van der Waals surface area contributed by atoms with Gasteiger partial charge in [0, 0.05) is 5.56 Å². The number of fused-ring (bicyclic) bond motifs is 1. The van der Waals surface area contributed by atoms with Crippen molar-refractivity contribution in [2.75, 3.05) is 18.1 Å². The van der Waals surface area contributed by atoms with Crippen LogP contribution in [0.15, 0.2) is 60.8 Å². The van der Waals surface area contributed by atoms with E-state index in [2.05, 4.69) is 4.98 Å². The number of hydrogen-bond acceptors (Lipinski definition) is 4. The molecule has 4 rings (SSSR count). The molecule has 0 N–H and O–H groups in total. The highest BCUT2D eigenvalue weighted by molar-refractivity contribution is 7.17. The number of para-hydroxylation sites is 2. The Morgan fingerprint density at radius 1 is 1.09 bits per heavy atom. The highest BCUT2D eigenvalue weighted by Gasteiger charge is 2.25. The summed E-state index contributed by atoms with van der Waals surface area (Å²) in [4.78, 5) is 19.7. The van der Waals surface area contributed by atoms with E-state index in [1.54, 1.807) is 11.1 Å². The van der Waals surface area contributed by atoms with Crippen molar-refractivity contribution in [1.29, 1.82) is 0 Å². The fourth-order valence-corrected chi connectivity index (χ4v) is 3.47. The Morgan fingerprint density at radius 2 is 1.87 bits per heavy atom. The lowest BCUT2D eigenvalue weighted by atomic mass is 10.2. The Hall–Kier alpha value is -2.66. The highest BCUT2D eigenvalue weighted by atomic mass is 32.1. The van der Waals surface area contributed by atoms with Gasteiger partial charge in [-0.05, 0) is 12.1 Å². The predicted molar refractivity (Wildman–Crippen MR) is 91.2 cm³/mol. The lowest BCUT2D eigenvalue weighted by molar-refractivity contribution is 0.0980. The molecule has 0 bridgehead atoms. The van der Waals surface area contributed by atoms with E-state index in [4.69, 9.17) is 4.74 Å². The number of ether oxygens (including phenoxy) is 1. The molecule has 0 atom stereocenters. The SMILES string of the molecule is O=C(c1cnc(-c2ccccc2)s1)N1CCOc2ccccc21. The number of hydrogen-bond donors (Lipinski definition) is 0. The molecule has 1 aliphatic heterocycles. The quantitative estimate of drug-likeness (QED) is 0.720. The van der Waals surface area contributed by atoms with Gasteiger partial charge in [0.2, 0.25) is 0 Å². The molecule has 114 valence electrons. The molecular weight excluding hydrogens is 308 g/mol. The summed E-state index contributed by atoms with van der Waals surface area (Å²) in [6, 6.07) is 17.5. The second-order valence-electron chi connectivity index (χ2n) is 5.17. The summed E-state index contributed by atoms with van der Waals surface area (Å²) in [6.07, 6.45) is 1.66. The number of nitrogens with zero attached hydrogens (tertiary/aromatic N) is 2. The van der Waals surface area contributed by atoms with E-state index in [1.807, 2.05) is 54.6 Å². The first kappa shape index (κ1) is 14.0. The van der Waals surface area contributed by atoms with E-state index in [1.165, 1.54) is 11.3 Å². The molecule has 0 unspecified atom stereocenters. The molecule has 5 heteroatoms. The monoisotopic (exact) mass is 322 g/mol. The number of rotatable bonds is 2. The average molecular weight is 322 g/mol. The van der Waals surface area contributed by atoms with Crippen molar-refractivity contribution < 1.29 is 9.53 Å². The molecule has 1 aromatic heterocycles. The van der Waals surface area contributed by atoms with Gasteiger partial charge in [-0.1, -0.05) is 42.5 Å². The third kappa shape index (κ3) is 2.59. The Bertz CT molecular complexity index is 845. The van der Waals surface area contributed by atoms with Gasteiger partial charge in [-0.25, -0.2) is 4.98 Å². The van der Waals surface area contributed by atoms with Gasteiger partial charge >= 0.3 is 0 Å². The Balaban J connectivity index is 1.65. The normalized spacial score (nSPS) is 13.3. The van der Waals surface area contributed by atoms with E-state index >= 15 is 0 Å². The first-order valence-electron chi connectivity index (χ1n) is 7.38. The molecule has 3 aromatic rings. The summed E-state index contributed by atoms with van der Waals surface area (Å²) >= 11 is 1.42. The van der Waals surface area contributed by atoms with Crippen molar-refractivity contribution in [1.82, 2.24) is 4.98 Å². The van der Waals surface area contributed by atoms with E-state index in [0.29, 0.717) is 18.0 Å². The van der Waals surface area contributed by atoms with Gasteiger partial charge in [-0.2, -0.15) is 0 Å². The molecule has 2 aromatic carbocycles. The van der Waals surface area contributed by atoms with E-state index < -0.39 is 0 Å². The van der Waals surface area contributed by atoms with Crippen molar-refractivity contribution in [3.63, 3.8) is 0 Å². The minimum atomic E-state index is -0.0274. The summed E-state index contributed by atoms with van der Waals surface area (Å²) in [5, 5.41) is 0.857. The highest BCUT2D eigenvalue weighted by Crippen LogP contribution is 2.33. The van der Waals surface area contributed by atoms with Crippen LogP contribution >= 0.6 is 11.3 Å². The molecule has 0 saturated heterocycles. The zero-order valence-corrected chi connectivity index (χ0v) is 13.1. The summed E-state index contributed by atoms with van der Waals surface area (Å²) < 4.78 is 5.61. The lowest BCUT2D eigenvalue weighted by Crippen LogP contribution is -2.37. The predicted octanol–water partition coefficient (Wildman–Crippen LogP) is 3.85. The molecule has 0 radical (unpaired) electrons. The van der Waals surface area contributed by atoms with Crippen LogP contribution in [0.5, 0.6) is 5.75 Å². The zero-order valence-electron chi connectivity index (χ0n) is 12.3. The molecule has 0 aliphatic carbocycles. The van der Waals surface area contributed by atoms with Crippen LogP contribution in [-0.4, -0.2) is 24.0 Å². The summed E-state index contributed by atoms with van der Waals surface area (Å²) in [7, 11) is 0. The third-order valence-corrected chi connectivity index (χ3v) is 4.75. The molecule has 2 heterocycles. The number of thiazole rings is 1. The lowest BCUT2D eigenvalue weighted by Gasteiger charge is -2.28. The number of benzene rings is 2. The van der Waals surface area contributed by atoms with E-state index in [-0.39, 0.29) is 5.91 Å². The van der Waals surface area contributed by atoms with Gasteiger partial charge in [0.1, 0.15) is 22.2 Å². The number of aromatic nitrogens is 1. The standard InChI is InChI=1S/C18H14N2O2S/c21-18(20-10-11-22-15-9-5-4-8-14(15)20)16-12-19-17(23-16)13-6-2-1-3-7-13/h1-9,12H,10-11H2. The molecule has 0 fully saturated rings. The largest absolute Gasteiger partial charge is 0.490 e. The summed E-state index contributed by atoms with van der Waals surface area (Å²) in [5.74, 6) is 0.723. The fourth-order valence-electron chi connectivity index (χ4n) is 2.60. The molecule has 4 nitrogen and oxygen atoms in total. The van der Waals surface area contributed by atoms with Gasteiger partial charge in [0.25, 0.3) is 5.91 Å². The maximum absolute atomic E-state index is 12.8. The van der Waals surface area contributed by atoms with E-state index in [0.717, 1.165) is 22.0 Å². The van der Waals surface area contributed by atoms with Gasteiger partial charge < -0.3 is 9.64 Å². The smallest absolute Gasteiger partial charge is 0.270 e. The molecule has 0 spiro atoms. The van der Waals surface area contributed by atoms with Crippen LogP contribution in [0.1, 0.15) is 9.67 Å². The van der Waals surface area contributed by atoms with Crippen LogP contribution in [0.2, 0.25) is 0 Å². The van der Waals surface area contributed by atoms with Crippen molar-refractivity contribution >= 4 is 22.9 Å². The van der Waals surface area contributed by atoms with E-state index in [9.17, 15) is 4.79 Å². The van der Waals surface area contributed by atoms with Crippen LogP contribution in [0.3, 0.4) is 0 Å². The number of carbonyl (C=O) groups is 1. The van der Waals surface area contributed by atoms with Gasteiger partial charge in [-0.15, -0.1) is 11.3 Å². The summed E-state index contributed by atoms with van der Waals surface area (Å²) in [6.45, 7) is 1.06. The molecule has 0 saturated carbocycles. The van der Waals surface area contributed by atoms with Crippen molar-refractivity contribution in [3.8, 4) is 16.3 Å². The number of anilines is 1. The maximum atomic E-state index is 12.8. The van der Waals surface area contributed by atoms with Crippen LogP contribution in [0.25, 0.3) is 10.6 Å².